The Morgan fingerprint density at radius 2 is 1.95 bits per heavy atom. The van der Waals surface area contributed by atoms with Gasteiger partial charge in [-0.3, -0.25) is 4.79 Å². The van der Waals surface area contributed by atoms with Crippen LogP contribution in [0.4, 0.5) is 0 Å². The van der Waals surface area contributed by atoms with Crippen LogP contribution in [-0.4, -0.2) is 47.3 Å². The van der Waals surface area contributed by atoms with Gasteiger partial charge in [0.2, 0.25) is 5.89 Å². The third-order valence-corrected chi connectivity index (χ3v) is 3.50. The van der Waals surface area contributed by atoms with Crippen molar-refractivity contribution >= 4 is 5.97 Å². The topological polar surface area (TPSA) is 68.5 Å². The molecule has 0 bridgehead atoms. The standard InChI is InChI=1S/C15H27N3O3/c1-6-18(7-2)10-9-12-16-14(21-17-12)13(11(4)5)15(19)20-8-3/h11,13H,6-10H2,1-5H3. The molecule has 1 heterocycles. The molecule has 1 atom stereocenters. The normalized spacial score (nSPS) is 12.9. The fourth-order valence-corrected chi connectivity index (χ4v) is 2.18. The SMILES string of the molecule is CCOC(=O)C(c1nc(CCN(CC)CC)no1)C(C)C. The molecule has 1 rings (SSSR count). The van der Waals surface area contributed by atoms with Crippen molar-refractivity contribution in [1.29, 1.82) is 0 Å². The number of hydrogen-bond donors (Lipinski definition) is 0. The summed E-state index contributed by atoms with van der Waals surface area (Å²) < 4.78 is 10.4. The van der Waals surface area contributed by atoms with Crippen molar-refractivity contribution < 1.29 is 14.1 Å². The number of ether oxygens (including phenoxy) is 1. The fourth-order valence-electron chi connectivity index (χ4n) is 2.18. The van der Waals surface area contributed by atoms with E-state index in [0.717, 1.165) is 26.1 Å². The minimum atomic E-state index is -0.486. The van der Waals surface area contributed by atoms with Gasteiger partial charge in [-0.1, -0.05) is 32.9 Å². The molecule has 120 valence electrons. The van der Waals surface area contributed by atoms with Gasteiger partial charge in [0.05, 0.1) is 6.61 Å². The Bertz CT molecular complexity index is 428. The van der Waals surface area contributed by atoms with Crippen LogP contribution in [0, 0.1) is 5.92 Å². The minimum Gasteiger partial charge on any atom is -0.465 e. The Balaban J connectivity index is 2.73. The number of rotatable bonds is 9. The Kier molecular flexibility index (Phi) is 7.36. The van der Waals surface area contributed by atoms with Crippen LogP contribution < -0.4 is 0 Å². The molecular formula is C15H27N3O3. The maximum Gasteiger partial charge on any atom is 0.318 e. The highest BCUT2D eigenvalue weighted by atomic mass is 16.5. The molecule has 0 radical (unpaired) electrons. The molecule has 0 amide bonds. The van der Waals surface area contributed by atoms with Crippen LogP contribution in [-0.2, 0) is 16.0 Å². The van der Waals surface area contributed by atoms with Crippen LogP contribution in [0.2, 0.25) is 0 Å². The van der Waals surface area contributed by atoms with Crippen molar-refractivity contribution in [2.45, 2.75) is 47.0 Å². The van der Waals surface area contributed by atoms with E-state index in [1.807, 2.05) is 13.8 Å². The van der Waals surface area contributed by atoms with Gasteiger partial charge in [0, 0.05) is 13.0 Å². The van der Waals surface area contributed by atoms with Crippen molar-refractivity contribution in [3.8, 4) is 0 Å². The molecule has 0 saturated carbocycles. The largest absolute Gasteiger partial charge is 0.465 e. The molecule has 1 aromatic heterocycles. The fraction of sp³-hybridized carbons (Fsp3) is 0.800. The maximum atomic E-state index is 12.0. The number of aromatic nitrogens is 2. The van der Waals surface area contributed by atoms with Crippen molar-refractivity contribution in [1.82, 2.24) is 15.0 Å². The minimum absolute atomic E-state index is 0.0557. The summed E-state index contributed by atoms with van der Waals surface area (Å²) in [7, 11) is 0. The summed E-state index contributed by atoms with van der Waals surface area (Å²) in [6, 6.07) is 0. The number of hydrogen-bond acceptors (Lipinski definition) is 6. The molecule has 0 aromatic carbocycles. The Morgan fingerprint density at radius 3 is 2.48 bits per heavy atom. The lowest BCUT2D eigenvalue weighted by atomic mass is 9.96. The number of likely N-dealkylation sites (N-methyl/N-ethyl adjacent to an activating group) is 1. The molecule has 0 aliphatic carbocycles. The lowest BCUT2D eigenvalue weighted by Gasteiger charge is -2.16. The number of carbonyl (C=O) groups excluding carboxylic acids is 1. The average molecular weight is 297 g/mol. The Hall–Kier alpha value is -1.43. The molecule has 0 N–H and O–H groups in total. The number of carbonyl (C=O) groups is 1. The molecule has 0 aliphatic rings. The van der Waals surface area contributed by atoms with Gasteiger partial charge >= 0.3 is 5.97 Å². The molecule has 0 saturated heterocycles. The van der Waals surface area contributed by atoms with E-state index in [1.165, 1.54) is 0 Å². The highest BCUT2D eigenvalue weighted by molar-refractivity contribution is 5.77. The predicted octanol–water partition coefficient (Wildman–Crippen LogP) is 2.26. The van der Waals surface area contributed by atoms with Gasteiger partial charge in [-0.2, -0.15) is 4.98 Å². The van der Waals surface area contributed by atoms with Crippen LogP contribution in [0.1, 0.15) is 52.3 Å². The predicted molar refractivity (Wildman–Crippen MR) is 80.0 cm³/mol. The van der Waals surface area contributed by atoms with Crippen molar-refractivity contribution in [2.24, 2.45) is 5.92 Å². The monoisotopic (exact) mass is 297 g/mol. The lowest BCUT2D eigenvalue weighted by Crippen LogP contribution is -2.25. The first-order valence-corrected chi connectivity index (χ1v) is 7.74. The molecule has 1 unspecified atom stereocenters. The van der Waals surface area contributed by atoms with E-state index in [-0.39, 0.29) is 11.9 Å². The van der Waals surface area contributed by atoms with E-state index < -0.39 is 5.92 Å². The molecule has 21 heavy (non-hydrogen) atoms. The number of nitrogens with zero attached hydrogens (tertiary/aromatic N) is 3. The van der Waals surface area contributed by atoms with Gasteiger partial charge in [-0.15, -0.1) is 0 Å². The molecule has 1 aromatic rings. The van der Waals surface area contributed by atoms with E-state index >= 15 is 0 Å². The van der Waals surface area contributed by atoms with Crippen LogP contribution in [0.3, 0.4) is 0 Å². The van der Waals surface area contributed by atoms with Crippen molar-refractivity contribution in [3.63, 3.8) is 0 Å². The highest BCUT2D eigenvalue weighted by Gasteiger charge is 2.31. The number of esters is 1. The Labute approximate surface area is 126 Å². The van der Waals surface area contributed by atoms with E-state index in [4.69, 9.17) is 9.26 Å². The van der Waals surface area contributed by atoms with Gasteiger partial charge in [-0.05, 0) is 25.9 Å². The first-order valence-electron chi connectivity index (χ1n) is 7.74. The quantitative estimate of drug-likeness (QED) is 0.651. The van der Waals surface area contributed by atoms with Crippen LogP contribution >= 0.6 is 0 Å². The zero-order valence-electron chi connectivity index (χ0n) is 13.8. The average Bonchev–Trinajstić information content (AvgIpc) is 2.88. The van der Waals surface area contributed by atoms with Gasteiger partial charge in [-0.25, -0.2) is 0 Å². The second kappa shape index (κ2) is 8.77. The van der Waals surface area contributed by atoms with Gasteiger partial charge in [0.1, 0.15) is 5.92 Å². The van der Waals surface area contributed by atoms with Crippen LogP contribution in [0.25, 0.3) is 0 Å². The molecule has 0 aliphatic heterocycles. The second-order valence-electron chi connectivity index (χ2n) is 5.30. The summed E-state index contributed by atoms with van der Waals surface area (Å²) in [6.45, 7) is 13.2. The van der Waals surface area contributed by atoms with E-state index in [1.54, 1.807) is 6.92 Å². The smallest absolute Gasteiger partial charge is 0.318 e. The first-order chi connectivity index (χ1) is 10.0. The van der Waals surface area contributed by atoms with E-state index in [0.29, 0.717) is 18.3 Å². The maximum absolute atomic E-state index is 12.0. The van der Waals surface area contributed by atoms with Crippen LogP contribution in [0.15, 0.2) is 4.52 Å². The summed E-state index contributed by atoms with van der Waals surface area (Å²) in [5.41, 5.74) is 0. The summed E-state index contributed by atoms with van der Waals surface area (Å²) in [5, 5.41) is 3.98. The Morgan fingerprint density at radius 1 is 1.29 bits per heavy atom. The third-order valence-electron chi connectivity index (χ3n) is 3.50. The third kappa shape index (κ3) is 5.12. The van der Waals surface area contributed by atoms with Gasteiger partial charge in [0.25, 0.3) is 0 Å². The van der Waals surface area contributed by atoms with Gasteiger partial charge in [0.15, 0.2) is 5.82 Å². The summed E-state index contributed by atoms with van der Waals surface area (Å²) >= 11 is 0. The molecule has 0 fully saturated rings. The highest BCUT2D eigenvalue weighted by Crippen LogP contribution is 2.24. The lowest BCUT2D eigenvalue weighted by molar-refractivity contribution is -0.146. The molecule has 0 spiro atoms. The summed E-state index contributed by atoms with van der Waals surface area (Å²) in [5.74, 6) is 0.274. The first kappa shape index (κ1) is 17.6. The molecular weight excluding hydrogens is 270 g/mol. The van der Waals surface area contributed by atoms with Crippen molar-refractivity contribution in [3.05, 3.63) is 11.7 Å². The van der Waals surface area contributed by atoms with Crippen LogP contribution in [0.5, 0.6) is 0 Å². The zero-order chi connectivity index (χ0) is 15.8. The van der Waals surface area contributed by atoms with E-state index in [9.17, 15) is 4.79 Å². The molecule has 6 nitrogen and oxygen atoms in total. The van der Waals surface area contributed by atoms with Crippen molar-refractivity contribution in [2.75, 3.05) is 26.2 Å². The molecule has 6 heteroatoms. The van der Waals surface area contributed by atoms with Gasteiger partial charge < -0.3 is 14.2 Å². The summed E-state index contributed by atoms with van der Waals surface area (Å²) in [6.07, 6.45) is 0.721. The summed E-state index contributed by atoms with van der Waals surface area (Å²) in [4.78, 5) is 18.7. The zero-order valence-corrected chi connectivity index (χ0v) is 13.8. The second-order valence-corrected chi connectivity index (χ2v) is 5.30. The van der Waals surface area contributed by atoms with E-state index in [2.05, 4.69) is 28.9 Å².